The Kier molecular flexibility index (Phi) is 11.0. The van der Waals surface area contributed by atoms with Gasteiger partial charge in [0.25, 0.3) is 5.91 Å². The number of hydrogen-bond acceptors (Lipinski definition) is 5. The number of hydrogen-bond donors (Lipinski definition) is 2. The molecule has 0 aliphatic carbocycles. The van der Waals surface area contributed by atoms with Crippen molar-refractivity contribution in [2.24, 2.45) is 0 Å². The Bertz CT molecular complexity index is 1230. The van der Waals surface area contributed by atoms with Gasteiger partial charge in [-0.1, -0.05) is 45.4 Å². The number of nitrogen functional groups attached to an aromatic ring is 1. The molecule has 2 aromatic heterocycles. The molecular weight excluding hydrogens is 465 g/mol. The highest BCUT2D eigenvalue weighted by Gasteiger charge is 2.12. The van der Waals surface area contributed by atoms with E-state index in [4.69, 9.17) is 17.3 Å². The predicted octanol–water partition coefficient (Wildman–Crippen LogP) is 6.48. The smallest absolute Gasteiger partial charge is 0.251 e. The summed E-state index contributed by atoms with van der Waals surface area (Å²) in [6.45, 7) is 8.52. The third-order valence-corrected chi connectivity index (χ3v) is 5.04. The number of amides is 1. The van der Waals surface area contributed by atoms with E-state index in [-0.39, 0.29) is 16.9 Å². The second kappa shape index (κ2) is 14.0. The Morgan fingerprint density at radius 2 is 1.69 bits per heavy atom. The van der Waals surface area contributed by atoms with E-state index in [9.17, 15) is 9.18 Å². The van der Waals surface area contributed by atoms with Crippen molar-refractivity contribution in [2.45, 2.75) is 40.5 Å². The topological polar surface area (TPSA) is 93.8 Å². The lowest BCUT2D eigenvalue weighted by atomic mass is 10.1. The van der Waals surface area contributed by atoms with E-state index < -0.39 is 0 Å². The van der Waals surface area contributed by atoms with E-state index >= 15 is 0 Å². The Morgan fingerprint density at radius 3 is 2.34 bits per heavy atom. The number of nitrogens with one attached hydrogen (secondary N) is 1. The number of aromatic nitrogens is 3. The summed E-state index contributed by atoms with van der Waals surface area (Å²) < 4.78 is 13.2. The molecule has 0 spiro atoms. The molecule has 0 unspecified atom stereocenters. The number of nitrogens with two attached hydrogens (primary N) is 1. The molecule has 184 valence electrons. The largest absolute Gasteiger partial charge is 0.384 e. The highest BCUT2D eigenvalue weighted by Crippen LogP contribution is 2.27. The van der Waals surface area contributed by atoms with Crippen LogP contribution in [0, 0.1) is 5.82 Å². The molecule has 6 nitrogen and oxygen atoms in total. The molecule has 3 N–H and O–H groups in total. The highest BCUT2D eigenvalue weighted by molar-refractivity contribution is 6.32. The monoisotopic (exact) mass is 495 g/mol. The minimum absolute atomic E-state index is 0.197. The van der Waals surface area contributed by atoms with E-state index in [1.165, 1.54) is 12.1 Å². The minimum atomic E-state index is -0.347. The fraction of sp³-hybridized carbons (Fsp3) is 0.259. The molecule has 0 radical (unpaired) electrons. The average Bonchev–Trinajstić information content (AvgIpc) is 2.90. The van der Waals surface area contributed by atoms with Crippen LogP contribution in [0.1, 0.15) is 50.0 Å². The molecular formula is C27H31ClFN5O. The van der Waals surface area contributed by atoms with Crippen molar-refractivity contribution in [3.05, 3.63) is 82.9 Å². The number of halogens is 2. The molecule has 0 fully saturated rings. The summed E-state index contributed by atoms with van der Waals surface area (Å²) in [5, 5.41) is 3.13. The molecule has 0 saturated heterocycles. The molecule has 0 saturated carbocycles. The number of nitrogens with zero attached hydrogens (tertiary/aromatic N) is 3. The Morgan fingerprint density at radius 1 is 0.971 bits per heavy atom. The SMILES string of the molecule is CC.CC.Nc1ccc(CCCNC(=O)c2ccc3nc(Cl)c(-c4ccc(F)cc4)nc3c2)cn1. The first-order chi connectivity index (χ1) is 17.0. The van der Waals surface area contributed by atoms with Gasteiger partial charge in [0, 0.05) is 23.9 Å². The van der Waals surface area contributed by atoms with Crippen LogP contribution in [-0.2, 0) is 6.42 Å². The minimum Gasteiger partial charge on any atom is -0.384 e. The van der Waals surface area contributed by atoms with Gasteiger partial charge in [-0.05, 0) is 66.9 Å². The number of benzene rings is 2. The quantitative estimate of drug-likeness (QED) is 0.298. The number of carbonyl (C=O) groups excluding carboxylic acids is 1. The first-order valence-electron chi connectivity index (χ1n) is 11.7. The molecule has 0 bridgehead atoms. The summed E-state index contributed by atoms with van der Waals surface area (Å²) >= 11 is 6.27. The van der Waals surface area contributed by atoms with Crippen molar-refractivity contribution in [3.63, 3.8) is 0 Å². The number of fused-ring (bicyclic) bond motifs is 1. The number of carbonyl (C=O) groups is 1. The molecule has 8 heteroatoms. The third-order valence-electron chi connectivity index (χ3n) is 4.78. The van der Waals surface area contributed by atoms with Gasteiger partial charge in [0.1, 0.15) is 17.3 Å². The lowest BCUT2D eigenvalue weighted by molar-refractivity contribution is 0.0953. The molecule has 4 aromatic rings. The second-order valence-corrected chi connectivity index (χ2v) is 7.38. The van der Waals surface area contributed by atoms with E-state index in [0.717, 1.165) is 18.4 Å². The first-order valence-corrected chi connectivity index (χ1v) is 12.1. The van der Waals surface area contributed by atoms with Crippen LogP contribution in [-0.4, -0.2) is 27.4 Å². The van der Waals surface area contributed by atoms with Crippen molar-refractivity contribution < 1.29 is 9.18 Å². The van der Waals surface area contributed by atoms with Gasteiger partial charge in [-0.3, -0.25) is 4.79 Å². The molecule has 0 aliphatic rings. The van der Waals surface area contributed by atoms with Gasteiger partial charge in [-0.15, -0.1) is 0 Å². The van der Waals surface area contributed by atoms with Crippen LogP contribution in [0.15, 0.2) is 60.8 Å². The summed E-state index contributed by atoms with van der Waals surface area (Å²) in [7, 11) is 0. The standard InChI is InChI=1S/C23H19ClFN5O.2C2H6/c24-22-21(15-4-7-17(25)8-5-15)29-19-12-16(6-9-18(19)30-22)23(31)27-11-1-2-14-3-10-20(26)28-13-14;2*1-2/h3-10,12-13H,1-2,11H2,(H2,26,28)(H,27,31);2*1-2H3. The molecule has 1 amide bonds. The fourth-order valence-corrected chi connectivity index (χ4v) is 3.39. The van der Waals surface area contributed by atoms with Crippen LogP contribution >= 0.6 is 11.6 Å². The van der Waals surface area contributed by atoms with Crippen LogP contribution < -0.4 is 11.1 Å². The van der Waals surface area contributed by atoms with Crippen LogP contribution in [0.4, 0.5) is 10.2 Å². The molecule has 4 rings (SSSR count). The first kappa shape index (κ1) is 27.7. The predicted molar refractivity (Wildman–Crippen MR) is 142 cm³/mol. The normalized spacial score (nSPS) is 10.0. The van der Waals surface area contributed by atoms with E-state index in [1.807, 2.05) is 33.8 Å². The average molecular weight is 496 g/mol. The molecule has 35 heavy (non-hydrogen) atoms. The molecule has 2 heterocycles. The van der Waals surface area contributed by atoms with Crippen molar-refractivity contribution in [3.8, 4) is 11.3 Å². The van der Waals surface area contributed by atoms with Gasteiger partial charge in [0.15, 0.2) is 5.15 Å². The van der Waals surface area contributed by atoms with Crippen molar-refractivity contribution in [2.75, 3.05) is 12.3 Å². The van der Waals surface area contributed by atoms with E-state index in [0.29, 0.717) is 40.2 Å². The lowest BCUT2D eigenvalue weighted by Gasteiger charge is -2.08. The third kappa shape index (κ3) is 7.72. The van der Waals surface area contributed by atoms with Crippen LogP contribution in [0.25, 0.3) is 22.3 Å². The highest BCUT2D eigenvalue weighted by atomic mass is 35.5. The Labute approximate surface area is 210 Å². The Hall–Kier alpha value is -3.58. The summed E-state index contributed by atoms with van der Waals surface area (Å²) in [6, 6.07) is 14.6. The van der Waals surface area contributed by atoms with Gasteiger partial charge in [-0.25, -0.2) is 19.3 Å². The van der Waals surface area contributed by atoms with Crippen LogP contribution in [0.3, 0.4) is 0 Å². The summed E-state index contributed by atoms with van der Waals surface area (Å²) in [6.07, 6.45) is 3.30. The maximum absolute atomic E-state index is 13.2. The Balaban J connectivity index is 0.00000103. The van der Waals surface area contributed by atoms with Crippen molar-refractivity contribution >= 4 is 34.4 Å². The zero-order valence-electron chi connectivity index (χ0n) is 20.5. The number of anilines is 1. The van der Waals surface area contributed by atoms with Gasteiger partial charge >= 0.3 is 0 Å². The maximum Gasteiger partial charge on any atom is 0.251 e. The van der Waals surface area contributed by atoms with Crippen molar-refractivity contribution in [1.29, 1.82) is 0 Å². The number of pyridine rings is 1. The van der Waals surface area contributed by atoms with Crippen LogP contribution in [0.5, 0.6) is 0 Å². The van der Waals surface area contributed by atoms with Gasteiger partial charge in [-0.2, -0.15) is 0 Å². The zero-order valence-corrected chi connectivity index (χ0v) is 21.2. The lowest BCUT2D eigenvalue weighted by Crippen LogP contribution is -2.24. The maximum atomic E-state index is 13.2. The van der Waals surface area contributed by atoms with Gasteiger partial charge in [0.2, 0.25) is 0 Å². The second-order valence-electron chi connectivity index (χ2n) is 7.02. The van der Waals surface area contributed by atoms with Gasteiger partial charge < -0.3 is 11.1 Å². The molecule has 0 atom stereocenters. The fourth-order valence-electron chi connectivity index (χ4n) is 3.15. The number of rotatable bonds is 6. The molecule has 0 aliphatic heterocycles. The van der Waals surface area contributed by atoms with Crippen molar-refractivity contribution in [1.82, 2.24) is 20.3 Å². The van der Waals surface area contributed by atoms with Gasteiger partial charge in [0.05, 0.1) is 11.0 Å². The molecule has 2 aromatic carbocycles. The van der Waals surface area contributed by atoms with E-state index in [2.05, 4.69) is 20.3 Å². The number of aryl methyl sites for hydroxylation is 1. The zero-order chi connectivity index (χ0) is 25.8. The summed E-state index contributed by atoms with van der Waals surface area (Å²) in [5.41, 5.74) is 9.31. The van der Waals surface area contributed by atoms with Crippen LogP contribution in [0.2, 0.25) is 5.15 Å². The summed E-state index contributed by atoms with van der Waals surface area (Å²) in [4.78, 5) is 25.5. The summed E-state index contributed by atoms with van der Waals surface area (Å²) in [5.74, 6) is -0.0574. The van der Waals surface area contributed by atoms with E-state index in [1.54, 1.807) is 42.6 Å².